The highest BCUT2D eigenvalue weighted by molar-refractivity contribution is 5.79. The minimum absolute atomic E-state index is 0.564. The first-order valence-corrected chi connectivity index (χ1v) is 6.12. The molecule has 1 N–H and O–H groups in total. The van der Waals surface area contributed by atoms with Crippen molar-refractivity contribution >= 4 is 16.7 Å². The summed E-state index contributed by atoms with van der Waals surface area (Å²) < 4.78 is 0. The quantitative estimate of drug-likeness (QED) is 0.810. The first-order valence-electron chi connectivity index (χ1n) is 6.12. The van der Waals surface area contributed by atoms with Crippen LogP contribution in [0.1, 0.15) is 6.92 Å². The third-order valence-electron chi connectivity index (χ3n) is 3.57. The van der Waals surface area contributed by atoms with Crippen LogP contribution < -0.4 is 4.90 Å². The average molecular weight is 230 g/mol. The Kier molecular flexibility index (Phi) is 2.52. The number of nitrogens with zero attached hydrogens (tertiary/aromatic N) is 3. The normalized spacial score (nSPS) is 22.2. The Balaban J connectivity index is 1.92. The fourth-order valence-electron chi connectivity index (χ4n) is 2.63. The van der Waals surface area contributed by atoms with Gasteiger partial charge in [-0.3, -0.25) is 0 Å². The molecule has 0 radical (unpaired) electrons. The number of hydrogen-bond donors (Lipinski definition) is 1. The molecular formula is C13H18N4. The Morgan fingerprint density at radius 3 is 3.06 bits per heavy atom. The van der Waals surface area contributed by atoms with Crippen LogP contribution in [0.4, 0.5) is 5.69 Å². The van der Waals surface area contributed by atoms with Gasteiger partial charge >= 0.3 is 0 Å². The summed E-state index contributed by atoms with van der Waals surface area (Å²) in [7, 11) is 2.19. The van der Waals surface area contributed by atoms with E-state index >= 15 is 0 Å². The lowest BCUT2D eigenvalue weighted by Crippen LogP contribution is -2.50. The van der Waals surface area contributed by atoms with Crippen LogP contribution in [0, 0.1) is 0 Å². The van der Waals surface area contributed by atoms with Gasteiger partial charge in [0.1, 0.15) is 0 Å². The maximum absolute atomic E-state index is 4.25. The highest BCUT2D eigenvalue weighted by Crippen LogP contribution is 2.23. The number of fused-ring (bicyclic) bond motifs is 1. The third-order valence-corrected chi connectivity index (χ3v) is 3.57. The van der Waals surface area contributed by atoms with Gasteiger partial charge in [0.25, 0.3) is 0 Å². The number of rotatable bonds is 1. The van der Waals surface area contributed by atoms with E-state index in [-0.39, 0.29) is 0 Å². The minimum Gasteiger partial charge on any atom is -0.366 e. The van der Waals surface area contributed by atoms with Crippen molar-refractivity contribution in [1.29, 1.82) is 0 Å². The molecule has 1 aliphatic heterocycles. The van der Waals surface area contributed by atoms with Crippen LogP contribution in [0.25, 0.3) is 11.0 Å². The van der Waals surface area contributed by atoms with Gasteiger partial charge in [0.05, 0.1) is 17.4 Å². The van der Waals surface area contributed by atoms with Gasteiger partial charge in [0, 0.05) is 31.4 Å². The van der Waals surface area contributed by atoms with E-state index in [1.807, 2.05) is 0 Å². The summed E-state index contributed by atoms with van der Waals surface area (Å²) in [6.07, 6.45) is 1.75. The molecule has 1 aromatic heterocycles. The van der Waals surface area contributed by atoms with E-state index in [2.05, 4.69) is 51.9 Å². The molecule has 1 aliphatic rings. The van der Waals surface area contributed by atoms with Crippen molar-refractivity contribution < 1.29 is 0 Å². The van der Waals surface area contributed by atoms with Crippen molar-refractivity contribution in [2.24, 2.45) is 0 Å². The highest BCUT2D eigenvalue weighted by Gasteiger charge is 2.21. The van der Waals surface area contributed by atoms with Gasteiger partial charge in [-0.05, 0) is 32.2 Å². The second-order valence-electron chi connectivity index (χ2n) is 4.91. The standard InChI is InChI=1S/C13H18N4/c1-10-8-16(2)5-6-17(10)11-3-4-12-13(7-11)15-9-14-12/h3-4,7,9-10H,5-6,8H2,1-2H3,(H,14,15)/t10-/m1/s1. The van der Waals surface area contributed by atoms with Crippen LogP contribution in [0.5, 0.6) is 0 Å². The number of aromatic amines is 1. The van der Waals surface area contributed by atoms with Crippen LogP contribution in [-0.4, -0.2) is 47.6 Å². The Morgan fingerprint density at radius 1 is 1.35 bits per heavy atom. The molecule has 3 rings (SSSR count). The van der Waals surface area contributed by atoms with Crippen LogP contribution in [0.3, 0.4) is 0 Å². The molecule has 1 atom stereocenters. The molecule has 0 bridgehead atoms. The van der Waals surface area contributed by atoms with Gasteiger partial charge in [0.15, 0.2) is 0 Å². The number of hydrogen-bond acceptors (Lipinski definition) is 3. The van der Waals surface area contributed by atoms with E-state index in [9.17, 15) is 0 Å². The van der Waals surface area contributed by atoms with Crippen molar-refractivity contribution in [2.45, 2.75) is 13.0 Å². The van der Waals surface area contributed by atoms with Crippen molar-refractivity contribution in [3.05, 3.63) is 24.5 Å². The maximum Gasteiger partial charge on any atom is 0.0931 e. The summed E-state index contributed by atoms with van der Waals surface area (Å²) >= 11 is 0. The van der Waals surface area contributed by atoms with Crippen molar-refractivity contribution in [3.8, 4) is 0 Å². The van der Waals surface area contributed by atoms with Gasteiger partial charge in [-0.1, -0.05) is 0 Å². The van der Waals surface area contributed by atoms with Crippen LogP contribution >= 0.6 is 0 Å². The van der Waals surface area contributed by atoms with Gasteiger partial charge in [-0.25, -0.2) is 4.98 Å². The predicted octanol–water partition coefficient (Wildman–Crippen LogP) is 1.70. The molecule has 2 heterocycles. The minimum atomic E-state index is 0.564. The second-order valence-corrected chi connectivity index (χ2v) is 4.91. The van der Waals surface area contributed by atoms with E-state index in [0.29, 0.717) is 6.04 Å². The molecule has 0 aliphatic carbocycles. The number of H-pyrrole nitrogens is 1. The van der Waals surface area contributed by atoms with E-state index in [4.69, 9.17) is 0 Å². The van der Waals surface area contributed by atoms with Crippen LogP contribution in [0.2, 0.25) is 0 Å². The largest absolute Gasteiger partial charge is 0.366 e. The molecule has 0 unspecified atom stereocenters. The number of benzene rings is 1. The molecule has 1 aromatic carbocycles. The smallest absolute Gasteiger partial charge is 0.0931 e. The van der Waals surface area contributed by atoms with Crippen molar-refractivity contribution in [3.63, 3.8) is 0 Å². The lowest BCUT2D eigenvalue weighted by molar-refractivity contribution is 0.275. The monoisotopic (exact) mass is 230 g/mol. The first-order chi connectivity index (χ1) is 8.24. The molecule has 1 saturated heterocycles. The third kappa shape index (κ3) is 1.89. The summed E-state index contributed by atoms with van der Waals surface area (Å²) in [4.78, 5) is 12.3. The van der Waals surface area contributed by atoms with Crippen molar-refractivity contribution in [1.82, 2.24) is 14.9 Å². The lowest BCUT2D eigenvalue weighted by atomic mass is 10.1. The zero-order valence-electron chi connectivity index (χ0n) is 10.3. The molecule has 0 amide bonds. The number of anilines is 1. The maximum atomic E-state index is 4.25. The molecular weight excluding hydrogens is 212 g/mol. The molecule has 17 heavy (non-hydrogen) atoms. The van der Waals surface area contributed by atoms with Crippen LogP contribution in [0.15, 0.2) is 24.5 Å². The second kappa shape index (κ2) is 4.04. The highest BCUT2D eigenvalue weighted by atomic mass is 15.3. The summed E-state index contributed by atoms with van der Waals surface area (Å²) in [6.45, 7) is 5.64. The van der Waals surface area contributed by atoms with Gasteiger partial charge < -0.3 is 14.8 Å². The number of piperazine rings is 1. The predicted molar refractivity (Wildman–Crippen MR) is 70.4 cm³/mol. The molecule has 90 valence electrons. The van der Waals surface area contributed by atoms with Crippen molar-refractivity contribution in [2.75, 3.05) is 31.6 Å². The zero-order chi connectivity index (χ0) is 11.8. The Labute approximate surface area is 101 Å². The van der Waals surface area contributed by atoms with Crippen LogP contribution in [-0.2, 0) is 0 Å². The summed E-state index contributed by atoms with van der Waals surface area (Å²) in [6, 6.07) is 7.02. The topological polar surface area (TPSA) is 35.2 Å². The molecule has 2 aromatic rings. The fourth-order valence-corrected chi connectivity index (χ4v) is 2.63. The summed E-state index contributed by atoms with van der Waals surface area (Å²) in [5.74, 6) is 0. The molecule has 1 fully saturated rings. The number of aromatic nitrogens is 2. The number of nitrogens with one attached hydrogen (secondary N) is 1. The van der Waals surface area contributed by atoms with E-state index < -0.39 is 0 Å². The Morgan fingerprint density at radius 2 is 2.24 bits per heavy atom. The molecule has 0 spiro atoms. The van der Waals surface area contributed by atoms with Gasteiger partial charge in [-0.15, -0.1) is 0 Å². The fraction of sp³-hybridized carbons (Fsp3) is 0.462. The van der Waals surface area contributed by atoms with E-state index in [0.717, 1.165) is 30.7 Å². The number of likely N-dealkylation sites (N-methyl/N-ethyl adjacent to an activating group) is 1. The first kappa shape index (κ1) is 10.6. The summed E-state index contributed by atoms with van der Waals surface area (Å²) in [5.41, 5.74) is 3.45. The Hall–Kier alpha value is -1.55. The molecule has 4 heteroatoms. The average Bonchev–Trinajstić information content (AvgIpc) is 2.75. The zero-order valence-corrected chi connectivity index (χ0v) is 10.3. The molecule has 0 saturated carbocycles. The summed E-state index contributed by atoms with van der Waals surface area (Å²) in [5, 5.41) is 0. The van der Waals surface area contributed by atoms with Gasteiger partial charge in [0.2, 0.25) is 0 Å². The molecule has 4 nitrogen and oxygen atoms in total. The lowest BCUT2D eigenvalue weighted by Gasteiger charge is -2.39. The Bertz CT molecular complexity index is 519. The van der Waals surface area contributed by atoms with E-state index in [1.165, 1.54) is 5.69 Å². The SMILES string of the molecule is C[C@@H]1CN(C)CCN1c1ccc2nc[nH]c2c1. The van der Waals surface area contributed by atoms with E-state index in [1.54, 1.807) is 6.33 Å². The number of imidazole rings is 1. The van der Waals surface area contributed by atoms with Gasteiger partial charge in [-0.2, -0.15) is 0 Å².